The lowest BCUT2D eigenvalue weighted by molar-refractivity contribution is -0.142. The number of carboxylic acids is 1. The van der Waals surface area contributed by atoms with E-state index in [-0.39, 0.29) is 36.5 Å². The van der Waals surface area contributed by atoms with Crippen molar-refractivity contribution < 1.29 is 24.3 Å². The standard InChI is InChI=1S/C29H36N6O3.C2H4O2/c1-35(2)29(38)24(16-19-12-14-23(15-13-19)26(31)32)27(36)34-25(22-6-4-3-5-7-22)28(37)33-18-21-10-8-20(17-30)9-11-21;1-2(3)4/h8-15,22,24-25H,3-7,16,18H2,1-2H3,(H3,31,32)(H,33,37)(H,34,36);1H3,(H,3,4)/t24-,25+;/m1./s1. The van der Waals surface area contributed by atoms with Gasteiger partial charge in [-0.2, -0.15) is 5.26 Å². The molecule has 11 nitrogen and oxygen atoms in total. The Kier molecular flexibility index (Phi) is 13.2. The lowest BCUT2D eigenvalue weighted by atomic mass is 9.83. The van der Waals surface area contributed by atoms with Crippen LogP contribution in [-0.4, -0.2) is 59.7 Å². The van der Waals surface area contributed by atoms with Crippen LogP contribution in [0.3, 0.4) is 0 Å². The van der Waals surface area contributed by atoms with Gasteiger partial charge >= 0.3 is 0 Å². The quantitative estimate of drug-likeness (QED) is 0.163. The predicted molar refractivity (Wildman–Crippen MR) is 158 cm³/mol. The molecule has 1 saturated carbocycles. The summed E-state index contributed by atoms with van der Waals surface area (Å²) in [4.78, 5) is 50.3. The Balaban J connectivity index is 0.00000144. The molecule has 0 spiro atoms. The summed E-state index contributed by atoms with van der Waals surface area (Å²) in [5, 5.41) is 29.8. The van der Waals surface area contributed by atoms with Crippen LogP contribution in [0.15, 0.2) is 48.5 Å². The average molecular weight is 577 g/mol. The number of amidine groups is 1. The molecule has 0 aromatic heterocycles. The van der Waals surface area contributed by atoms with Crippen LogP contribution in [0.25, 0.3) is 0 Å². The van der Waals surface area contributed by atoms with Crippen molar-refractivity contribution in [2.75, 3.05) is 14.1 Å². The van der Waals surface area contributed by atoms with Gasteiger partial charge in [0.05, 0.1) is 11.6 Å². The number of carbonyl (C=O) groups is 4. The molecular weight excluding hydrogens is 536 g/mol. The Labute approximate surface area is 246 Å². The summed E-state index contributed by atoms with van der Waals surface area (Å²) >= 11 is 0. The highest BCUT2D eigenvalue weighted by Gasteiger charge is 2.35. The van der Waals surface area contributed by atoms with Gasteiger partial charge in [0.1, 0.15) is 17.8 Å². The summed E-state index contributed by atoms with van der Waals surface area (Å²) < 4.78 is 0. The van der Waals surface area contributed by atoms with E-state index < -0.39 is 23.8 Å². The first-order chi connectivity index (χ1) is 19.9. The van der Waals surface area contributed by atoms with Gasteiger partial charge in [0.15, 0.2) is 0 Å². The van der Waals surface area contributed by atoms with Crippen molar-refractivity contribution >= 4 is 29.5 Å². The maximum atomic E-state index is 13.5. The van der Waals surface area contributed by atoms with Crippen LogP contribution in [0.2, 0.25) is 0 Å². The minimum absolute atomic E-state index is 0.0152. The Morgan fingerprint density at radius 1 is 1.00 bits per heavy atom. The molecule has 1 aliphatic carbocycles. The van der Waals surface area contributed by atoms with E-state index in [1.54, 1.807) is 62.6 Å². The summed E-state index contributed by atoms with van der Waals surface area (Å²) in [6.45, 7) is 1.35. The van der Waals surface area contributed by atoms with Crippen molar-refractivity contribution in [1.82, 2.24) is 15.5 Å². The lowest BCUT2D eigenvalue weighted by Crippen LogP contribution is -2.54. The van der Waals surface area contributed by atoms with E-state index in [2.05, 4.69) is 16.7 Å². The van der Waals surface area contributed by atoms with E-state index in [1.165, 1.54) is 4.90 Å². The van der Waals surface area contributed by atoms with E-state index in [9.17, 15) is 14.4 Å². The topological polar surface area (TPSA) is 189 Å². The molecule has 0 bridgehead atoms. The minimum atomic E-state index is -1.01. The first-order valence-electron chi connectivity index (χ1n) is 13.8. The molecular formula is C31H40N6O5. The number of carboxylic acid groups (broad SMARTS) is 1. The van der Waals surface area contributed by atoms with Gasteiger partial charge in [0, 0.05) is 33.1 Å². The molecule has 0 saturated heterocycles. The van der Waals surface area contributed by atoms with Gasteiger partial charge in [-0.05, 0) is 48.4 Å². The Morgan fingerprint density at radius 2 is 1.55 bits per heavy atom. The Bertz CT molecular complexity index is 1270. The zero-order valence-corrected chi connectivity index (χ0v) is 24.4. The van der Waals surface area contributed by atoms with Gasteiger partial charge in [-0.1, -0.05) is 55.7 Å². The highest BCUT2D eigenvalue weighted by atomic mass is 16.4. The molecule has 0 radical (unpaired) electrons. The van der Waals surface area contributed by atoms with Gasteiger partial charge in [-0.15, -0.1) is 0 Å². The zero-order valence-electron chi connectivity index (χ0n) is 24.4. The van der Waals surface area contributed by atoms with Gasteiger partial charge in [-0.25, -0.2) is 0 Å². The number of hydrogen-bond donors (Lipinski definition) is 5. The van der Waals surface area contributed by atoms with Crippen molar-refractivity contribution in [2.24, 2.45) is 17.6 Å². The largest absolute Gasteiger partial charge is 0.481 e. The third kappa shape index (κ3) is 10.7. The SMILES string of the molecule is CC(=O)O.CN(C)C(=O)[C@H](Cc1ccc(C(=N)N)cc1)C(=O)N[C@H](C(=O)NCc1ccc(C#N)cc1)C1CCCCC1. The smallest absolute Gasteiger partial charge is 0.300 e. The van der Waals surface area contributed by atoms with Crippen LogP contribution in [0.1, 0.15) is 61.3 Å². The maximum Gasteiger partial charge on any atom is 0.300 e. The van der Waals surface area contributed by atoms with Crippen LogP contribution in [0.4, 0.5) is 0 Å². The highest BCUT2D eigenvalue weighted by Crippen LogP contribution is 2.27. The maximum absolute atomic E-state index is 13.5. The van der Waals surface area contributed by atoms with Gasteiger partial charge in [0.25, 0.3) is 5.97 Å². The van der Waals surface area contributed by atoms with E-state index >= 15 is 0 Å². The van der Waals surface area contributed by atoms with E-state index in [0.29, 0.717) is 11.1 Å². The van der Waals surface area contributed by atoms with Crippen molar-refractivity contribution in [2.45, 2.75) is 58.0 Å². The van der Waals surface area contributed by atoms with Crippen molar-refractivity contribution in [3.8, 4) is 6.07 Å². The van der Waals surface area contributed by atoms with Crippen molar-refractivity contribution in [1.29, 1.82) is 10.7 Å². The molecule has 42 heavy (non-hydrogen) atoms. The summed E-state index contributed by atoms with van der Waals surface area (Å²) in [6, 6.07) is 15.2. The number of carbonyl (C=O) groups excluding carboxylic acids is 3. The summed E-state index contributed by atoms with van der Waals surface area (Å²) in [5.74, 6) is -3.03. The monoisotopic (exact) mass is 576 g/mol. The number of nitrogen functional groups attached to an aromatic ring is 1. The summed E-state index contributed by atoms with van der Waals surface area (Å²) in [7, 11) is 3.20. The number of nitrogens with two attached hydrogens (primary N) is 1. The van der Waals surface area contributed by atoms with Crippen LogP contribution in [-0.2, 0) is 32.1 Å². The number of nitrogens with one attached hydrogen (secondary N) is 3. The molecule has 2 aromatic carbocycles. The summed E-state index contributed by atoms with van der Waals surface area (Å²) in [5.41, 5.74) is 8.24. The van der Waals surface area contributed by atoms with Gasteiger partial charge in [-0.3, -0.25) is 24.6 Å². The number of nitrogens with zero attached hydrogens (tertiary/aromatic N) is 2. The minimum Gasteiger partial charge on any atom is -0.481 e. The third-order valence-electron chi connectivity index (χ3n) is 7.01. The fourth-order valence-corrected chi connectivity index (χ4v) is 4.78. The zero-order chi connectivity index (χ0) is 31.2. The molecule has 0 heterocycles. The molecule has 1 aliphatic rings. The number of aliphatic carboxylic acids is 1. The number of benzene rings is 2. The molecule has 3 rings (SSSR count). The third-order valence-corrected chi connectivity index (χ3v) is 7.01. The number of amides is 3. The van der Waals surface area contributed by atoms with Gasteiger partial charge in [0.2, 0.25) is 17.7 Å². The second-order valence-corrected chi connectivity index (χ2v) is 10.5. The highest BCUT2D eigenvalue weighted by molar-refractivity contribution is 6.02. The number of rotatable bonds is 10. The fraction of sp³-hybridized carbons (Fsp3) is 0.419. The molecule has 0 aliphatic heterocycles. The molecule has 2 aromatic rings. The first-order valence-corrected chi connectivity index (χ1v) is 13.8. The lowest BCUT2D eigenvalue weighted by Gasteiger charge is -2.31. The Hall–Kier alpha value is -4.72. The van der Waals surface area contributed by atoms with E-state index in [0.717, 1.165) is 50.2 Å². The molecule has 1 fully saturated rings. The fourth-order valence-electron chi connectivity index (χ4n) is 4.78. The molecule has 0 unspecified atom stereocenters. The second kappa shape index (κ2) is 16.5. The van der Waals surface area contributed by atoms with E-state index in [4.69, 9.17) is 26.3 Å². The predicted octanol–water partition coefficient (Wildman–Crippen LogP) is 2.56. The second-order valence-electron chi connectivity index (χ2n) is 10.5. The molecule has 6 N–H and O–H groups in total. The molecule has 11 heteroatoms. The molecule has 3 amide bonds. The number of hydrogen-bond acceptors (Lipinski definition) is 6. The first kappa shape index (κ1) is 33.5. The normalized spacial score (nSPS) is 14.1. The molecule has 224 valence electrons. The van der Waals surface area contributed by atoms with Crippen molar-refractivity contribution in [3.63, 3.8) is 0 Å². The summed E-state index contributed by atoms with van der Waals surface area (Å²) in [6.07, 6.45) is 4.89. The van der Waals surface area contributed by atoms with Gasteiger partial charge < -0.3 is 26.4 Å². The molecule has 2 atom stereocenters. The average Bonchev–Trinajstić information content (AvgIpc) is 2.97. The van der Waals surface area contributed by atoms with E-state index in [1.807, 2.05) is 0 Å². The van der Waals surface area contributed by atoms with Crippen LogP contribution >= 0.6 is 0 Å². The van der Waals surface area contributed by atoms with Crippen LogP contribution < -0.4 is 16.4 Å². The van der Waals surface area contributed by atoms with Crippen LogP contribution in [0, 0.1) is 28.6 Å². The van der Waals surface area contributed by atoms with Crippen LogP contribution in [0.5, 0.6) is 0 Å². The number of nitriles is 1. The Morgan fingerprint density at radius 3 is 2.05 bits per heavy atom. The van der Waals surface area contributed by atoms with Crippen molar-refractivity contribution in [3.05, 3.63) is 70.8 Å².